The molecule has 3 heterocycles. The fraction of sp³-hybridized carbons (Fsp3) is 0.150. The SMILES string of the molecule is Cc1nc(NCCNC(=O)c2cnc3ccccc3n2)cc(-n2cccc2)n1. The van der Waals surface area contributed by atoms with E-state index in [0.29, 0.717) is 35.9 Å². The minimum absolute atomic E-state index is 0.257. The van der Waals surface area contributed by atoms with Crippen LogP contribution in [0.4, 0.5) is 5.82 Å². The second kappa shape index (κ2) is 7.83. The summed E-state index contributed by atoms with van der Waals surface area (Å²) in [5, 5.41) is 6.05. The first-order valence-electron chi connectivity index (χ1n) is 8.92. The average molecular weight is 373 g/mol. The Kier molecular flexibility index (Phi) is 4.92. The number of nitrogens with one attached hydrogen (secondary N) is 2. The Bertz CT molecular complexity index is 1110. The monoisotopic (exact) mass is 373 g/mol. The predicted octanol–water partition coefficient (Wildman–Crippen LogP) is 2.36. The van der Waals surface area contributed by atoms with Gasteiger partial charge in [0.1, 0.15) is 23.2 Å². The van der Waals surface area contributed by atoms with Gasteiger partial charge in [0, 0.05) is 31.5 Å². The van der Waals surface area contributed by atoms with E-state index in [1.807, 2.05) is 66.3 Å². The van der Waals surface area contributed by atoms with Gasteiger partial charge in [0.05, 0.1) is 17.2 Å². The molecule has 0 saturated carbocycles. The third-order valence-corrected chi connectivity index (χ3v) is 4.09. The van der Waals surface area contributed by atoms with Crippen molar-refractivity contribution in [1.82, 2.24) is 29.8 Å². The van der Waals surface area contributed by atoms with Gasteiger partial charge in [0.25, 0.3) is 5.91 Å². The molecule has 3 aromatic heterocycles. The van der Waals surface area contributed by atoms with Crippen LogP contribution in [-0.2, 0) is 0 Å². The Morgan fingerprint density at radius 1 is 1.00 bits per heavy atom. The van der Waals surface area contributed by atoms with Crippen LogP contribution in [0.5, 0.6) is 0 Å². The minimum Gasteiger partial charge on any atom is -0.368 e. The zero-order chi connectivity index (χ0) is 19.3. The first kappa shape index (κ1) is 17.6. The van der Waals surface area contributed by atoms with Crippen LogP contribution in [0.1, 0.15) is 16.3 Å². The molecule has 28 heavy (non-hydrogen) atoms. The standard InChI is InChI=1S/C20H19N7O/c1-14-24-18(12-19(25-14)27-10-4-5-11-27)21-8-9-22-20(28)17-13-23-15-6-2-3-7-16(15)26-17/h2-7,10-13H,8-9H2,1H3,(H,22,28)(H,21,24,25). The summed E-state index contributed by atoms with van der Waals surface area (Å²) < 4.78 is 1.92. The molecule has 0 unspecified atom stereocenters. The zero-order valence-corrected chi connectivity index (χ0v) is 15.3. The molecule has 0 bridgehead atoms. The molecule has 140 valence electrons. The second-order valence-corrected chi connectivity index (χ2v) is 6.18. The highest BCUT2D eigenvalue weighted by atomic mass is 16.1. The van der Waals surface area contributed by atoms with E-state index in [0.717, 1.165) is 11.3 Å². The largest absolute Gasteiger partial charge is 0.368 e. The molecule has 0 fully saturated rings. The number of anilines is 1. The molecule has 0 aliphatic carbocycles. The van der Waals surface area contributed by atoms with Gasteiger partial charge in [-0.25, -0.2) is 15.0 Å². The molecule has 2 N–H and O–H groups in total. The number of amides is 1. The fourth-order valence-corrected chi connectivity index (χ4v) is 2.79. The van der Waals surface area contributed by atoms with E-state index in [2.05, 4.69) is 30.6 Å². The molecule has 0 saturated heterocycles. The Morgan fingerprint density at radius 2 is 1.79 bits per heavy atom. The quantitative estimate of drug-likeness (QED) is 0.504. The number of para-hydroxylation sites is 2. The van der Waals surface area contributed by atoms with Crippen molar-refractivity contribution >= 4 is 22.8 Å². The summed E-state index contributed by atoms with van der Waals surface area (Å²) in [7, 11) is 0. The third kappa shape index (κ3) is 3.96. The lowest BCUT2D eigenvalue weighted by Crippen LogP contribution is -2.29. The van der Waals surface area contributed by atoms with Crippen molar-refractivity contribution in [3.05, 3.63) is 72.6 Å². The summed E-state index contributed by atoms with van der Waals surface area (Å²) in [4.78, 5) is 29.7. The van der Waals surface area contributed by atoms with Gasteiger partial charge in [-0.2, -0.15) is 0 Å². The molecule has 4 rings (SSSR count). The van der Waals surface area contributed by atoms with Gasteiger partial charge >= 0.3 is 0 Å². The highest BCUT2D eigenvalue weighted by Gasteiger charge is 2.09. The number of hydrogen-bond acceptors (Lipinski definition) is 6. The Morgan fingerprint density at radius 3 is 2.61 bits per heavy atom. The highest BCUT2D eigenvalue weighted by molar-refractivity contribution is 5.93. The first-order chi connectivity index (χ1) is 13.7. The normalized spacial score (nSPS) is 10.8. The van der Waals surface area contributed by atoms with Crippen LogP contribution in [0, 0.1) is 6.92 Å². The summed E-state index contributed by atoms with van der Waals surface area (Å²) in [6, 6.07) is 13.2. The molecule has 0 atom stereocenters. The Hall–Kier alpha value is -3.81. The van der Waals surface area contributed by atoms with Gasteiger partial charge in [0.2, 0.25) is 0 Å². The number of rotatable bonds is 6. The van der Waals surface area contributed by atoms with E-state index in [1.54, 1.807) is 0 Å². The first-order valence-corrected chi connectivity index (χ1v) is 8.92. The summed E-state index contributed by atoms with van der Waals surface area (Å²) in [6.45, 7) is 2.79. The Balaban J connectivity index is 1.34. The van der Waals surface area contributed by atoms with Gasteiger partial charge < -0.3 is 15.2 Å². The number of carbonyl (C=O) groups excluding carboxylic acids is 1. The van der Waals surface area contributed by atoms with Crippen molar-refractivity contribution in [2.45, 2.75) is 6.92 Å². The van der Waals surface area contributed by atoms with Crippen LogP contribution in [0.2, 0.25) is 0 Å². The number of fused-ring (bicyclic) bond motifs is 1. The lowest BCUT2D eigenvalue weighted by Gasteiger charge is -2.10. The second-order valence-electron chi connectivity index (χ2n) is 6.18. The zero-order valence-electron chi connectivity index (χ0n) is 15.3. The van der Waals surface area contributed by atoms with E-state index in [4.69, 9.17) is 0 Å². The van der Waals surface area contributed by atoms with E-state index in [-0.39, 0.29) is 5.91 Å². The maximum atomic E-state index is 12.3. The molecular formula is C20H19N7O. The Labute approximate surface area is 161 Å². The maximum absolute atomic E-state index is 12.3. The molecule has 1 aromatic carbocycles. The lowest BCUT2D eigenvalue weighted by atomic mass is 10.3. The van der Waals surface area contributed by atoms with Gasteiger partial charge in [-0.15, -0.1) is 0 Å². The van der Waals surface area contributed by atoms with Crippen LogP contribution in [0.25, 0.3) is 16.9 Å². The third-order valence-electron chi connectivity index (χ3n) is 4.09. The van der Waals surface area contributed by atoms with Crippen LogP contribution in [-0.4, -0.2) is 43.5 Å². The molecule has 4 aromatic rings. The molecule has 0 aliphatic rings. The van der Waals surface area contributed by atoms with Crippen molar-refractivity contribution in [2.75, 3.05) is 18.4 Å². The van der Waals surface area contributed by atoms with E-state index < -0.39 is 0 Å². The van der Waals surface area contributed by atoms with Crippen molar-refractivity contribution in [3.8, 4) is 5.82 Å². The van der Waals surface area contributed by atoms with E-state index in [9.17, 15) is 4.79 Å². The molecule has 8 nitrogen and oxygen atoms in total. The highest BCUT2D eigenvalue weighted by Crippen LogP contribution is 2.11. The van der Waals surface area contributed by atoms with Crippen LogP contribution >= 0.6 is 0 Å². The van der Waals surface area contributed by atoms with Crippen molar-refractivity contribution in [2.24, 2.45) is 0 Å². The molecule has 0 radical (unpaired) electrons. The van der Waals surface area contributed by atoms with Crippen LogP contribution in [0.3, 0.4) is 0 Å². The van der Waals surface area contributed by atoms with Gasteiger partial charge in [-0.05, 0) is 31.2 Å². The number of aromatic nitrogens is 5. The van der Waals surface area contributed by atoms with Crippen LogP contribution < -0.4 is 10.6 Å². The van der Waals surface area contributed by atoms with Crippen LogP contribution in [0.15, 0.2) is 61.1 Å². The topological polar surface area (TPSA) is 97.6 Å². The molecule has 0 aliphatic heterocycles. The van der Waals surface area contributed by atoms with Crippen molar-refractivity contribution in [1.29, 1.82) is 0 Å². The molecule has 0 spiro atoms. The summed E-state index contributed by atoms with van der Waals surface area (Å²) in [5.74, 6) is 1.91. The number of carbonyl (C=O) groups is 1. The average Bonchev–Trinajstić information content (AvgIpc) is 3.25. The number of aryl methyl sites for hydroxylation is 1. The summed E-state index contributed by atoms with van der Waals surface area (Å²) in [5.41, 5.74) is 1.76. The van der Waals surface area contributed by atoms with Crippen molar-refractivity contribution in [3.63, 3.8) is 0 Å². The van der Waals surface area contributed by atoms with Crippen molar-refractivity contribution < 1.29 is 4.79 Å². The molecule has 8 heteroatoms. The predicted molar refractivity (Wildman–Crippen MR) is 106 cm³/mol. The van der Waals surface area contributed by atoms with Gasteiger partial charge in [-0.1, -0.05) is 12.1 Å². The number of benzene rings is 1. The molecular weight excluding hydrogens is 354 g/mol. The molecule has 1 amide bonds. The minimum atomic E-state index is -0.257. The summed E-state index contributed by atoms with van der Waals surface area (Å²) >= 11 is 0. The fourth-order valence-electron chi connectivity index (χ4n) is 2.79. The number of hydrogen-bond donors (Lipinski definition) is 2. The van der Waals surface area contributed by atoms with E-state index in [1.165, 1.54) is 6.20 Å². The lowest BCUT2D eigenvalue weighted by molar-refractivity contribution is 0.0950. The smallest absolute Gasteiger partial charge is 0.271 e. The van der Waals surface area contributed by atoms with E-state index >= 15 is 0 Å². The van der Waals surface area contributed by atoms with Gasteiger partial charge in [0.15, 0.2) is 0 Å². The maximum Gasteiger partial charge on any atom is 0.271 e. The van der Waals surface area contributed by atoms with Gasteiger partial charge in [-0.3, -0.25) is 9.78 Å². The number of nitrogens with zero attached hydrogens (tertiary/aromatic N) is 5. The summed E-state index contributed by atoms with van der Waals surface area (Å²) in [6.07, 6.45) is 5.34.